The van der Waals surface area contributed by atoms with E-state index in [1.807, 2.05) is 58.9 Å². The van der Waals surface area contributed by atoms with Gasteiger partial charge in [-0.1, -0.05) is 45.5 Å². The third kappa shape index (κ3) is 4.36. The van der Waals surface area contributed by atoms with Gasteiger partial charge in [0.05, 0.1) is 12.6 Å². The molecule has 0 bridgehead atoms. The van der Waals surface area contributed by atoms with Crippen LogP contribution >= 0.6 is 0 Å². The Balaban J connectivity index is 2.36. The van der Waals surface area contributed by atoms with Crippen LogP contribution in [0.2, 0.25) is 0 Å². The number of rotatable bonds is 5. The quantitative estimate of drug-likeness (QED) is 0.788. The zero-order valence-corrected chi connectivity index (χ0v) is 16.1. The van der Waals surface area contributed by atoms with Crippen LogP contribution < -0.4 is 15.4 Å². The van der Waals surface area contributed by atoms with Crippen LogP contribution in [0.3, 0.4) is 0 Å². The maximum absolute atomic E-state index is 12.9. The van der Waals surface area contributed by atoms with Crippen LogP contribution in [0.5, 0.6) is 5.75 Å². The van der Waals surface area contributed by atoms with Gasteiger partial charge in [0.25, 0.3) is 0 Å². The standard InChI is InChI=1S/C20H28N2O4/c1-7-25-15-11-9-8-10-14(15)17-16(12(2)21-19(24)22-17)18(23)26-13(3)20(4,5)6/h8-11,13,16-17H,2,7H2,1,3-6H3,(H2,21,22,24). The Hall–Kier alpha value is -2.50. The van der Waals surface area contributed by atoms with Gasteiger partial charge in [-0.25, -0.2) is 4.79 Å². The lowest BCUT2D eigenvalue weighted by molar-refractivity contribution is -0.158. The van der Waals surface area contributed by atoms with E-state index >= 15 is 0 Å². The highest BCUT2D eigenvalue weighted by atomic mass is 16.5. The van der Waals surface area contributed by atoms with Gasteiger partial charge in [0.2, 0.25) is 0 Å². The molecule has 1 aliphatic rings. The van der Waals surface area contributed by atoms with Crippen molar-refractivity contribution < 1.29 is 19.1 Å². The molecule has 142 valence electrons. The van der Waals surface area contributed by atoms with E-state index in [0.29, 0.717) is 18.1 Å². The monoisotopic (exact) mass is 360 g/mol. The lowest BCUT2D eigenvalue weighted by Gasteiger charge is -2.36. The van der Waals surface area contributed by atoms with E-state index in [9.17, 15) is 9.59 Å². The first-order valence-corrected chi connectivity index (χ1v) is 8.83. The van der Waals surface area contributed by atoms with Gasteiger partial charge in [0, 0.05) is 11.3 Å². The summed E-state index contributed by atoms with van der Waals surface area (Å²) in [5.41, 5.74) is 0.841. The number of benzene rings is 1. The molecular weight excluding hydrogens is 332 g/mol. The summed E-state index contributed by atoms with van der Waals surface area (Å²) in [7, 11) is 0. The first-order valence-electron chi connectivity index (χ1n) is 8.83. The van der Waals surface area contributed by atoms with E-state index < -0.39 is 24.0 Å². The van der Waals surface area contributed by atoms with E-state index in [1.54, 1.807) is 0 Å². The summed E-state index contributed by atoms with van der Waals surface area (Å²) in [6.45, 7) is 14.1. The number of hydrogen-bond acceptors (Lipinski definition) is 4. The number of carbonyl (C=O) groups excluding carboxylic acids is 2. The zero-order valence-electron chi connectivity index (χ0n) is 16.1. The minimum atomic E-state index is -0.751. The second kappa shape index (κ2) is 7.81. The van der Waals surface area contributed by atoms with Crippen molar-refractivity contribution >= 4 is 12.0 Å². The Morgan fingerprint density at radius 3 is 2.58 bits per heavy atom. The Labute approximate surface area is 154 Å². The van der Waals surface area contributed by atoms with E-state index in [2.05, 4.69) is 17.2 Å². The molecular formula is C20H28N2O4. The molecule has 1 aromatic carbocycles. The number of amides is 2. The first-order chi connectivity index (χ1) is 12.1. The maximum Gasteiger partial charge on any atom is 0.319 e. The van der Waals surface area contributed by atoms with Crippen LogP contribution in [0.1, 0.15) is 46.2 Å². The van der Waals surface area contributed by atoms with Crippen molar-refractivity contribution in [2.24, 2.45) is 11.3 Å². The van der Waals surface area contributed by atoms with E-state index in [1.165, 1.54) is 0 Å². The number of para-hydroxylation sites is 1. The Bertz CT molecular complexity index is 693. The van der Waals surface area contributed by atoms with Crippen LogP contribution in [-0.2, 0) is 9.53 Å². The van der Waals surface area contributed by atoms with E-state index in [-0.39, 0.29) is 11.5 Å². The van der Waals surface area contributed by atoms with Gasteiger partial charge in [-0.05, 0) is 25.3 Å². The van der Waals surface area contributed by atoms with Crippen LogP contribution in [0, 0.1) is 11.3 Å². The SMILES string of the molecule is C=C1NC(=O)NC(c2ccccc2OCC)C1C(=O)OC(C)C(C)(C)C. The molecule has 2 N–H and O–H groups in total. The molecule has 1 aliphatic heterocycles. The molecule has 0 saturated carbocycles. The molecule has 1 fully saturated rings. The molecule has 3 unspecified atom stereocenters. The highest BCUT2D eigenvalue weighted by molar-refractivity contribution is 5.85. The molecule has 6 nitrogen and oxygen atoms in total. The molecule has 2 rings (SSSR count). The molecule has 3 atom stereocenters. The molecule has 1 saturated heterocycles. The number of ether oxygens (including phenoxy) is 2. The molecule has 2 amide bonds. The molecule has 0 spiro atoms. The Morgan fingerprint density at radius 1 is 1.31 bits per heavy atom. The molecule has 0 radical (unpaired) electrons. The van der Waals surface area contributed by atoms with Gasteiger partial charge in [-0.3, -0.25) is 4.79 Å². The largest absolute Gasteiger partial charge is 0.494 e. The third-order valence-corrected chi connectivity index (χ3v) is 4.59. The number of carbonyl (C=O) groups is 2. The van der Waals surface area contributed by atoms with Gasteiger partial charge in [0.15, 0.2) is 0 Å². The predicted octanol–water partition coefficient (Wildman–Crippen LogP) is 3.55. The number of esters is 1. The van der Waals surface area contributed by atoms with Crippen LogP contribution in [0.4, 0.5) is 4.79 Å². The summed E-state index contributed by atoms with van der Waals surface area (Å²) < 4.78 is 11.4. The molecule has 6 heteroatoms. The highest BCUT2D eigenvalue weighted by Gasteiger charge is 2.41. The summed E-state index contributed by atoms with van der Waals surface area (Å²) in [5, 5.41) is 5.40. The van der Waals surface area contributed by atoms with Crippen LogP contribution in [0.15, 0.2) is 36.5 Å². The first kappa shape index (κ1) is 19.8. The van der Waals surface area contributed by atoms with Gasteiger partial charge >= 0.3 is 12.0 Å². The third-order valence-electron chi connectivity index (χ3n) is 4.59. The van der Waals surface area contributed by atoms with Crippen LogP contribution in [0.25, 0.3) is 0 Å². The molecule has 1 heterocycles. The minimum absolute atomic E-state index is 0.193. The number of urea groups is 1. The lowest BCUT2D eigenvalue weighted by Crippen LogP contribution is -2.51. The van der Waals surface area contributed by atoms with Gasteiger partial charge in [-0.15, -0.1) is 0 Å². The molecule has 0 aliphatic carbocycles. The van der Waals surface area contributed by atoms with Gasteiger partial charge < -0.3 is 20.1 Å². The highest BCUT2D eigenvalue weighted by Crippen LogP contribution is 2.36. The fourth-order valence-electron chi connectivity index (χ4n) is 2.67. The predicted molar refractivity (Wildman–Crippen MR) is 99.7 cm³/mol. The van der Waals surface area contributed by atoms with Gasteiger partial charge in [-0.2, -0.15) is 0 Å². The second-order valence-electron chi connectivity index (χ2n) is 7.50. The molecule has 26 heavy (non-hydrogen) atoms. The number of hydrogen-bond donors (Lipinski definition) is 2. The maximum atomic E-state index is 12.9. The van der Waals surface area contributed by atoms with Crippen molar-refractivity contribution in [2.75, 3.05) is 6.61 Å². The molecule has 0 aromatic heterocycles. The summed E-state index contributed by atoms with van der Waals surface area (Å²) in [4.78, 5) is 24.9. The normalized spacial score (nSPS) is 21.4. The fourth-order valence-corrected chi connectivity index (χ4v) is 2.67. The van der Waals surface area contributed by atoms with Crippen LogP contribution in [-0.4, -0.2) is 24.7 Å². The lowest BCUT2D eigenvalue weighted by atomic mass is 9.87. The topological polar surface area (TPSA) is 76.7 Å². The van der Waals surface area contributed by atoms with Crippen molar-refractivity contribution in [3.8, 4) is 5.75 Å². The molecule has 1 aromatic rings. The summed E-state index contributed by atoms with van der Waals surface area (Å²) in [6, 6.07) is 6.33. The second-order valence-corrected chi connectivity index (χ2v) is 7.50. The van der Waals surface area contributed by atoms with E-state index in [4.69, 9.17) is 9.47 Å². The minimum Gasteiger partial charge on any atom is -0.494 e. The fraction of sp³-hybridized carbons (Fsp3) is 0.500. The number of nitrogens with one attached hydrogen (secondary N) is 2. The smallest absolute Gasteiger partial charge is 0.319 e. The van der Waals surface area contributed by atoms with E-state index in [0.717, 1.165) is 5.56 Å². The Kier molecular flexibility index (Phi) is 5.95. The average Bonchev–Trinajstić information content (AvgIpc) is 2.53. The zero-order chi connectivity index (χ0) is 19.5. The summed E-state index contributed by atoms with van der Waals surface area (Å²) >= 11 is 0. The van der Waals surface area contributed by atoms with Crippen molar-refractivity contribution in [2.45, 2.75) is 46.8 Å². The average molecular weight is 360 g/mol. The summed E-state index contributed by atoms with van der Waals surface area (Å²) in [6.07, 6.45) is -0.289. The van der Waals surface area contributed by atoms with Gasteiger partial charge in [0.1, 0.15) is 17.8 Å². The summed E-state index contributed by atoms with van der Waals surface area (Å²) in [5.74, 6) is -0.558. The van der Waals surface area contributed by atoms with Crippen molar-refractivity contribution in [1.82, 2.24) is 10.6 Å². The van der Waals surface area contributed by atoms with Crippen molar-refractivity contribution in [1.29, 1.82) is 0 Å². The van der Waals surface area contributed by atoms with Crippen molar-refractivity contribution in [3.63, 3.8) is 0 Å². The van der Waals surface area contributed by atoms with Crippen molar-refractivity contribution in [3.05, 3.63) is 42.1 Å². The Morgan fingerprint density at radius 2 is 1.96 bits per heavy atom.